The van der Waals surface area contributed by atoms with Crippen LogP contribution in [0.3, 0.4) is 0 Å². The van der Waals surface area contributed by atoms with Crippen LogP contribution in [0.2, 0.25) is 5.02 Å². The number of carbonyl (C=O) groups excluding carboxylic acids is 1. The van der Waals surface area contributed by atoms with Crippen molar-refractivity contribution in [2.45, 2.75) is 65.0 Å². The fourth-order valence-corrected chi connectivity index (χ4v) is 6.80. The van der Waals surface area contributed by atoms with Gasteiger partial charge in [-0.3, -0.25) is 19.5 Å². The van der Waals surface area contributed by atoms with Gasteiger partial charge in [0, 0.05) is 94.7 Å². The third kappa shape index (κ3) is 8.52. The summed E-state index contributed by atoms with van der Waals surface area (Å²) in [5.74, 6) is -0.944. The molecule has 2 aromatic rings. The van der Waals surface area contributed by atoms with E-state index in [0.29, 0.717) is 42.2 Å². The number of hydrogen-bond acceptors (Lipinski definition) is 6. The van der Waals surface area contributed by atoms with Gasteiger partial charge in [-0.1, -0.05) is 41.9 Å². The number of halogens is 2. The van der Waals surface area contributed by atoms with Crippen LogP contribution in [0.15, 0.2) is 66.4 Å². The Hall–Kier alpha value is -3.24. The average molecular weight is 638 g/mol. The molecule has 45 heavy (non-hydrogen) atoms. The van der Waals surface area contributed by atoms with Gasteiger partial charge < -0.3 is 14.9 Å². The van der Waals surface area contributed by atoms with E-state index in [2.05, 4.69) is 57.7 Å². The molecule has 8 nitrogen and oxygen atoms in total. The fraction of sp³-hybridized carbons (Fsp3) is 0.486. The number of rotatable bonds is 13. The SMILES string of the molecule is CC(C)N1C=CC=C(C(=O)O)C1N1CCN(Cc2ccc(CN(CCCN3CCCC3=O)Cc3c(F)cccc3Cl)cc2)CC1. The number of benzene rings is 2. The van der Waals surface area contributed by atoms with Gasteiger partial charge in [0.15, 0.2) is 0 Å². The maximum absolute atomic E-state index is 14.7. The summed E-state index contributed by atoms with van der Waals surface area (Å²) < 4.78 is 14.7. The second-order valence-corrected chi connectivity index (χ2v) is 13.0. The minimum absolute atomic E-state index is 0.194. The number of carboxylic acid groups (broad SMARTS) is 1. The van der Waals surface area contributed by atoms with Crippen LogP contribution in [-0.4, -0.2) is 99.5 Å². The minimum Gasteiger partial charge on any atom is -0.478 e. The third-order valence-electron chi connectivity index (χ3n) is 9.04. The molecule has 2 saturated heterocycles. The first-order valence-electron chi connectivity index (χ1n) is 16.1. The van der Waals surface area contributed by atoms with Crippen LogP contribution in [0.4, 0.5) is 4.39 Å². The Kier molecular flexibility index (Phi) is 11.3. The van der Waals surface area contributed by atoms with Crippen LogP contribution >= 0.6 is 11.6 Å². The highest BCUT2D eigenvalue weighted by atomic mass is 35.5. The van der Waals surface area contributed by atoms with E-state index in [0.717, 1.165) is 64.2 Å². The number of aliphatic carboxylic acids is 1. The van der Waals surface area contributed by atoms with E-state index in [1.54, 1.807) is 18.2 Å². The monoisotopic (exact) mass is 637 g/mol. The van der Waals surface area contributed by atoms with Crippen molar-refractivity contribution in [1.82, 2.24) is 24.5 Å². The van der Waals surface area contributed by atoms with Gasteiger partial charge in [0.2, 0.25) is 5.91 Å². The largest absolute Gasteiger partial charge is 0.478 e. The molecule has 0 spiro atoms. The molecular weight excluding hydrogens is 593 g/mol. The standard InChI is InChI=1S/C35H45ClFN5O3/c1-26(2)42-18-4-7-29(35(44)45)34(42)41-21-19-38(20-22-41)23-27-11-13-28(14-12-27)24-39(15-6-17-40-16-5-10-33(40)43)25-30-31(36)8-3-9-32(30)37/h3-4,7-9,11-14,18,26,34H,5-6,10,15-17,19-25H2,1-2H3,(H,44,45). The van der Waals surface area contributed by atoms with Gasteiger partial charge in [-0.25, -0.2) is 9.18 Å². The lowest BCUT2D eigenvalue weighted by Crippen LogP contribution is -2.57. The molecule has 3 aliphatic heterocycles. The van der Waals surface area contributed by atoms with Crippen LogP contribution in [0, 0.1) is 5.82 Å². The summed E-state index contributed by atoms with van der Waals surface area (Å²) in [6, 6.07) is 13.6. The van der Waals surface area contributed by atoms with E-state index < -0.39 is 5.97 Å². The molecule has 242 valence electrons. The number of amides is 1. The van der Waals surface area contributed by atoms with Crippen LogP contribution < -0.4 is 0 Å². The van der Waals surface area contributed by atoms with Gasteiger partial charge in [0.25, 0.3) is 0 Å². The van der Waals surface area contributed by atoms with Crippen LogP contribution in [0.1, 0.15) is 49.8 Å². The van der Waals surface area contributed by atoms with Crippen molar-refractivity contribution in [3.8, 4) is 0 Å². The Morgan fingerprint density at radius 2 is 1.78 bits per heavy atom. The Morgan fingerprint density at radius 3 is 2.42 bits per heavy atom. The molecule has 1 amide bonds. The van der Waals surface area contributed by atoms with Gasteiger partial charge in [0.1, 0.15) is 12.0 Å². The molecule has 1 atom stereocenters. The molecule has 3 aliphatic rings. The zero-order valence-electron chi connectivity index (χ0n) is 26.4. The topological polar surface area (TPSA) is 70.6 Å². The molecule has 0 aliphatic carbocycles. The van der Waals surface area contributed by atoms with Crippen LogP contribution in [0.25, 0.3) is 0 Å². The van der Waals surface area contributed by atoms with Crippen molar-refractivity contribution in [3.05, 3.63) is 93.9 Å². The normalized spacial score (nSPS) is 19.6. The number of allylic oxidation sites excluding steroid dienone is 2. The lowest BCUT2D eigenvalue weighted by atomic mass is 10.0. The number of carboxylic acids is 1. The number of carbonyl (C=O) groups is 2. The maximum atomic E-state index is 14.7. The van der Waals surface area contributed by atoms with Crippen molar-refractivity contribution < 1.29 is 19.1 Å². The number of likely N-dealkylation sites (tertiary alicyclic amines) is 1. The molecule has 0 saturated carbocycles. The molecule has 0 bridgehead atoms. The van der Waals surface area contributed by atoms with E-state index in [4.69, 9.17) is 11.6 Å². The van der Waals surface area contributed by atoms with Crippen molar-refractivity contribution in [2.75, 3.05) is 45.8 Å². The molecule has 2 aromatic carbocycles. The van der Waals surface area contributed by atoms with Crippen molar-refractivity contribution in [3.63, 3.8) is 0 Å². The third-order valence-corrected chi connectivity index (χ3v) is 9.40. The molecule has 10 heteroatoms. The van der Waals surface area contributed by atoms with Crippen LogP contribution in [-0.2, 0) is 29.2 Å². The number of piperazine rings is 1. The lowest BCUT2D eigenvalue weighted by molar-refractivity contribution is -0.134. The molecule has 3 heterocycles. The minimum atomic E-state index is -0.866. The maximum Gasteiger partial charge on any atom is 0.335 e. The predicted molar refractivity (Wildman–Crippen MR) is 175 cm³/mol. The predicted octanol–water partition coefficient (Wildman–Crippen LogP) is 5.19. The van der Waals surface area contributed by atoms with Crippen molar-refractivity contribution in [1.29, 1.82) is 0 Å². The summed E-state index contributed by atoms with van der Waals surface area (Å²) in [4.78, 5) is 35.0. The summed E-state index contributed by atoms with van der Waals surface area (Å²) in [7, 11) is 0. The first-order valence-corrected chi connectivity index (χ1v) is 16.4. The first-order chi connectivity index (χ1) is 21.7. The molecule has 5 rings (SSSR count). The zero-order chi connectivity index (χ0) is 31.9. The van der Waals surface area contributed by atoms with Gasteiger partial charge in [-0.2, -0.15) is 0 Å². The summed E-state index contributed by atoms with van der Waals surface area (Å²) in [5.41, 5.74) is 3.28. The Morgan fingerprint density at radius 1 is 1.04 bits per heavy atom. The smallest absolute Gasteiger partial charge is 0.335 e. The zero-order valence-corrected chi connectivity index (χ0v) is 27.1. The second kappa shape index (κ2) is 15.4. The molecule has 1 N–H and O–H groups in total. The summed E-state index contributed by atoms with van der Waals surface area (Å²) in [5, 5.41) is 10.3. The Labute approximate surface area is 271 Å². The Balaban J connectivity index is 1.17. The van der Waals surface area contributed by atoms with E-state index in [1.165, 1.54) is 11.6 Å². The van der Waals surface area contributed by atoms with Gasteiger partial charge >= 0.3 is 5.97 Å². The average Bonchev–Trinajstić information content (AvgIpc) is 3.44. The highest BCUT2D eigenvalue weighted by Gasteiger charge is 2.35. The summed E-state index contributed by atoms with van der Waals surface area (Å²) in [6.07, 6.45) is 7.66. The first kappa shape index (κ1) is 33.1. The van der Waals surface area contributed by atoms with Crippen LogP contribution in [0.5, 0.6) is 0 Å². The molecule has 1 unspecified atom stereocenters. The van der Waals surface area contributed by atoms with E-state index in [9.17, 15) is 19.1 Å². The molecule has 2 fully saturated rings. The number of hydrogen-bond donors (Lipinski definition) is 1. The van der Waals surface area contributed by atoms with Crippen molar-refractivity contribution >= 4 is 23.5 Å². The van der Waals surface area contributed by atoms with Gasteiger partial charge in [-0.05, 0) is 62.1 Å². The second-order valence-electron chi connectivity index (χ2n) is 12.6. The lowest BCUT2D eigenvalue weighted by Gasteiger charge is -2.46. The van der Waals surface area contributed by atoms with E-state index in [-0.39, 0.29) is 23.9 Å². The van der Waals surface area contributed by atoms with E-state index >= 15 is 0 Å². The number of nitrogens with zero attached hydrogens (tertiary/aromatic N) is 5. The quantitative estimate of drug-likeness (QED) is 0.324. The van der Waals surface area contributed by atoms with Gasteiger partial charge in [0.05, 0.1) is 5.57 Å². The van der Waals surface area contributed by atoms with Crippen molar-refractivity contribution in [2.24, 2.45) is 0 Å². The molecule has 0 aromatic heterocycles. The molecular formula is C35H45ClFN5O3. The summed E-state index contributed by atoms with van der Waals surface area (Å²) in [6.45, 7) is 11.6. The fourth-order valence-electron chi connectivity index (χ4n) is 6.57. The van der Waals surface area contributed by atoms with Gasteiger partial charge in [-0.15, -0.1) is 0 Å². The molecule has 0 radical (unpaired) electrons. The van der Waals surface area contributed by atoms with E-state index in [1.807, 2.05) is 17.2 Å². The summed E-state index contributed by atoms with van der Waals surface area (Å²) >= 11 is 6.38. The highest BCUT2D eigenvalue weighted by molar-refractivity contribution is 6.31. The highest BCUT2D eigenvalue weighted by Crippen LogP contribution is 2.26. The Bertz CT molecular complexity index is 1370.